The van der Waals surface area contributed by atoms with Crippen LogP contribution in [0.3, 0.4) is 0 Å². The zero-order chi connectivity index (χ0) is 20.3. The van der Waals surface area contributed by atoms with Gasteiger partial charge < -0.3 is 19.8 Å². The Bertz CT molecular complexity index is 724. The van der Waals surface area contributed by atoms with Crippen LogP contribution in [0.25, 0.3) is 0 Å². The van der Waals surface area contributed by atoms with Crippen molar-refractivity contribution in [3.63, 3.8) is 0 Å². The molecule has 2 aromatic rings. The third-order valence-electron chi connectivity index (χ3n) is 4.93. The van der Waals surface area contributed by atoms with E-state index in [-0.39, 0.29) is 6.04 Å². The topological polar surface area (TPSA) is 74.9 Å². The van der Waals surface area contributed by atoms with Gasteiger partial charge in [0, 0.05) is 25.4 Å². The molecule has 2 aromatic heterocycles. The average molecular weight is 400 g/mol. The Morgan fingerprint density at radius 2 is 2.10 bits per heavy atom. The predicted octanol–water partition coefficient (Wildman–Crippen LogP) is 3.36. The van der Waals surface area contributed by atoms with Gasteiger partial charge in [-0.15, -0.1) is 0 Å². The monoisotopic (exact) mass is 399 g/mol. The molecule has 1 unspecified atom stereocenters. The largest absolute Gasteiger partial charge is 0.478 e. The molecular formula is C22H33N5O2. The van der Waals surface area contributed by atoms with Crippen molar-refractivity contribution in [2.75, 3.05) is 32.8 Å². The molecule has 1 saturated heterocycles. The molecule has 0 bridgehead atoms. The standard InChI is InChI=1S/C22H33N5O2/c1-3-13-29-21-10-9-18(15-24-21)16-25-22(23-4-2)26-17-19(20-8-7-14-28-20)27-11-5-6-12-27/h7-10,14-15,19H,3-6,11-13,16-17H2,1-2H3,(H2,23,25,26). The van der Waals surface area contributed by atoms with Crippen LogP contribution in [0.15, 0.2) is 46.1 Å². The van der Waals surface area contributed by atoms with Crippen molar-refractivity contribution in [1.29, 1.82) is 0 Å². The van der Waals surface area contributed by atoms with Gasteiger partial charge in [-0.2, -0.15) is 0 Å². The van der Waals surface area contributed by atoms with Gasteiger partial charge in [0.25, 0.3) is 0 Å². The van der Waals surface area contributed by atoms with Crippen molar-refractivity contribution in [3.8, 4) is 5.88 Å². The molecule has 7 nitrogen and oxygen atoms in total. The Morgan fingerprint density at radius 1 is 1.24 bits per heavy atom. The van der Waals surface area contributed by atoms with Crippen molar-refractivity contribution < 1.29 is 9.15 Å². The highest BCUT2D eigenvalue weighted by atomic mass is 16.5. The van der Waals surface area contributed by atoms with Crippen LogP contribution in [0.1, 0.15) is 50.5 Å². The number of hydrogen-bond acceptors (Lipinski definition) is 5. The number of aliphatic imine (C=N–C) groups is 1. The summed E-state index contributed by atoms with van der Waals surface area (Å²) < 4.78 is 11.2. The molecule has 0 amide bonds. The van der Waals surface area contributed by atoms with E-state index in [9.17, 15) is 0 Å². The minimum Gasteiger partial charge on any atom is -0.478 e. The highest BCUT2D eigenvalue weighted by Gasteiger charge is 2.25. The second-order valence-electron chi connectivity index (χ2n) is 7.20. The number of ether oxygens (including phenoxy) is 1. The molecule has 0 radical (unpaired) electrons. The molecule has 0 spiro atoms. The van der Waals surface area contributed by atoms with Gasteiger partial charge >= 0.3 is 0 Å². The number of hydrogen-bond donors (Lipinski definition) is 2. The number of nitrogens with one attached hydrogen (secondary N) is 2. The molecule has 0 saturated carbocycles. The van der Waals surface area contributed by atoms with E-state index in [0.717, 1.165) is 49.9 Å². The molecule has 1 fully saturated rings. The highest BCUT2D eigenvalue weighted by molar-refractivity contribution is 5.79. The van der Waals surface area contributed by atoms with Crippen LogP contribution >= 0.6 is 0 Å². The number of nitrogens with zero attached hydrogens (tertiary/aromatic N) is 3. The van der Waals surface area contributed by atoms with Crippen molar-refractivity contribution in [1.82, 2.24) is 20.5 Å². The Kier molecular flexibility index (Phi) is 8.37. The number of pyridine rings is 1. The Labute approximate surface area is 173 Å². The van der Waals surface area contributed by atoms with Crippen LogP contribution in [-0.4, -0.2) is 48.6 Å². The summed E-state index contributed by atoms with van der Waals surface area (Å²) in [5, 5.41) is 6.82. The highest BCUT2D eigenvalue weighted by Crippen LogP contribution is 2.24. The van der Waals surface area contributed by atoms with Crippen LogP contribution in [0.4, 0.5) is 0 Å². The first-order valence-corrected chi connectivity index (χ1v) is 10.7. The van der Waals surface area contributed by atoms with E-state index >= 15 is 0 Å². The molecule has 1 atom stereocenters. The van der Waals surface area contributed by atoms with Gasteiger partial charge in [0.2, 0.25) is 5.88 Å². The fourth-order valence-corrected chi connectivity index (χ4v) is 3.45. The van der Waals surface area contributed by atoms with Crippen molar-refractivity contribution in [2.24, 2.45) is 4.99 Å². The third-order valence-corrected chi connectivity index (χ3v) is 4.93. The van der Waals surface area contributed by atoms with Gasteiger partial charge in [0.15, 0.2) is 5.96 Å². The minimum absolute atomic E-state index is 0.216. The first-order chi connectivity index (χ1) is 14.3. The van der Waals surface area contributed by atoms with E-state index in [2.05, 4.69) is 40.4 Å². The van der Waals surface area contributed by atoms with Crippen LogP contribution < -0.4 is 15.4 Å². The number of guanidine groups is 1. The van der Waals surface area contributed by atoms with Crippen LogP contribution in [0.5, 0.6) is 5.88 Å². The lowest BCUT2D eigenvalue weighted by Gasteiger charge is -2.26. The summed E-state index contributed by atoms with van der Waals surface area (Å²) in [6.07, 6.45) is 7.04. The van der Waals surface area contributed by atoms with E-state index in [1.54, 1.807) is 6.26 Å². The van der Waals surface area contributed by atoms with Crippen molar-refractivity contribution in [2.45, 2.75) is 45.7 Å². The smallest absolute Gasteiger partial charge is 0.213 e. The maximum Gasteiger partial charge on any atom is 0.213 e. The van der Waals surface area contributed by atoms with Crippen LogP contribution in [-0.2, 0) is 6.54 Å². The first-order valence-electron chi connectivity index (χ1n) is 10.7. The quantitative estimate of drug-likeness (QED) is 0.471. The Balaban J connectivity index is 1.59. The lowest BCUT2D eigenvalue weighted by Crippen LogP contribution is -2.42. The van der Waals surface area contributed by atoms with Crippen molar-refractivity contribution >= 4 is 5.96 Å². The van der Waals surface area contributed by atoms with Gasteiger partial charge in [-0.25, -0.2) is 9.98 Å². The molecule has 1 aliphatic heterocycles. The summed E-state index contributed by atoms with van der Waals surface area (Å²) in [5.41, 5.74) is 1.05. The summed E-state index contributed by atoms with van der Waals surface area (Å²) in [5.74, 6) is 2.47. The average Bonchev–Trinajstić information content (AvgIpc) is 3.46. The summed E-state index contributed by atoms with van der Waals surface area (Å²) in [6, 6.07) is 8.15. The SMILES string of the molecule is CCCOc1ccc(CN=C(NCC)NCC(c2ccco2)N2CCCC2)cn1. The molecule has 3 rings (SSSR count). The van der Waals surface area contributed by atoms with Gasteiger partial charge in [-0.1, -0.05) is 13.0 Å². The summed E-state index contributed by atoms with van der Waals surface area (Å²) in [4.78, 5) is 11.5. The van der Waals surface area contributed by atoms with E-state index < -0.39 is 0 Å². The van der Waals surface area contributed by atoms with Crippen LogP contribution in [0, 0.1) is 0 Å². The van der Waals surface area contributed by atoms with E-state index in [1.165, 1.54) is 12.8 Å². The molecule has 7 heteroatoms. The molecule has 0 aromatic carbocycles. The Hall–Kier alpha value is -2.54. The molecular weight excluding hydrogens is 366 g/mol. The van der Waals surface area contributed by atoms with E-state index in [4.69, 9.17) is 14.1 Å². The molecule has 29 heavy (non-hydrogen) atoms. The van der Waals surface area contributed by atoms with Gasteiger partial charge in [-0.3, -0.25) is 4.90 Å². The fraction of sp³-hybridized carbons (Fsp3) is 0.545. The van der Waals surface area contributed by atoms with Gasteiger partial charge in [-0.05, 0) is 57.0 Å². The lowest BCUT2D eigenvalue weighted by molar-refractivity contribution is 0.215. The number of furan rings is 1. The second-order valence-corrected chi connectivity index (χ2v) is 7.20. The van der Waals surface area contributed by atoms with Gasteiger partial charge in [0.05, 0.1) is 25.5 Å². The molecule has 1 aliphatic rings. The normalized spacial score (nSPS) is 16.0. The summed E-state index contributed by atoms with van der Waals surface area (Å²) >= 11 is 0. The summed E-state index contributed by atoms with van der Waals surface area (Å²) in [6.45, 7) is 9.18. The second kappa shape index (κ2) is 11.5. The Morgan fingerprint density at radius 3 is 2.76 bits per heavy atom. The molecule has 3 heterocycles. The zero-order valence-corrected chi connectivity index (χ0v) is 17.6. The molecule has 2 N–H and O–H groups in total. The molecule has 0 aliphatic carbocycles. The fourth-order valence-electron chi connectivity index (χ4n) is 3.45. The summed E-state index contributed by atoms with van der Waals surface area (Å²) in [7, 11) is 0. The third kappa shape index (κ3) is 6.49. The molecule has 158 valence electrons. The number of likely N-dealkylation sites (tertiary alicyclic amines) is 1. The van der Waals surface area contributed by atoms with Crippen LogP contribution in [0.2, 0.25) is 0 Å². The van der Waals surface area contributed by atoms with Gasteiger partial charge in [0.1, 0.15) is 5.76 Å². The number of aromatic nitrogens is 1. The minimum atomic E-state index is 0.216. The maximum atomic E-state index is 5.71. The maximum absolute atomic E-state index is 5.71. The predicted molar refractivity (Wildman–Crippen MR) is 115 cm³/mol. The number of rotatable bonds is 10. The zero-order valence-electron chi connectivity index (χ0n) is 17.6. The van der Waals surface area contributed by atoms with E-state index in [1.807, 2.05) is 24.4 Å². The van der Waals surface area contributed by atoms with Crippen molar-refractivity contribution in [3.05, 3.63) is 48.0 Å². The van der Waals surface area contributed by atoms with E-state index in [0.29, 0.717) is 19.0 Å². The lowest BCUT2D eigenvalue weighted by atomic mass is 10.2. The first kappa shape index (κ1) is 21.2.